The van der Waals surface area contributed by atoms with Gasteiger partial charge in [-0.15, -0.1) is 0 Å². The molecule has 0 fully saturated rings. The van der Waals surface area contributed by atoms with Crippen molar-refractivity contribution in [3.05, 3.63) is 46.8 Å². The predicted molar refractivity (Wildman–Crippen MR) is 105 cm³/mol. The lowest BCUT2D eigenvalue weighted by atomic mass is 9.87. The summed E-state index contributed by atoms with van der Waals surface area (Å²) >= 11 is 1.53. The number of rotatable bonds is 5. The van der Waals surface area contributed by atoms with E-state index in [0.717, 1.165) is 27.8 Å². The second kappa shape index (κ2) is 8.00. The number of aromatic nitrogens is 2. The molecule has 1 aromatic carbocycles. The molecule has 0 atom stereocenters. The summed E-state index contributed by atoms with van der Waals surface area (Å²) in [4.78, 5) is 21.2. The van der Waals surface area contributed by atoms with Gasteiger partial charge in [-0.1, -0.05) is 44.7 Å². The van der Waals surface area contributed by atoms with Crippen LogP contribution in [0, 0.1) is 13.8 Å². The summed E-state index contributed by atoms with van der Waals surface area (Å²) < 4.78 is 0. The smallest absolute Gasteiger partial charge is 0.224 e. The van der Waals surface area contributed by atoms with Gasteiger partial charge in [0.1, 0.15) is 0 Å². The molecule has 1 aromatic heterocycles. The fourth-order valence-electron chi connectivity index (χ4n) is 2.68. The zero-order valence-corrected chi connectivity index (χ0v) is 16.8. The first-order chi connectivity index (χ1) is 11.7. The number of hydrogen-bond acceptors (Lipinski definition) is 4. The molecule has 5 heteroatoms. The summed E-state index contributed by atoms with van der Waals surface area (Å²) in [5.41, 5.74) is 5.18. The van der Waals surface area contributed by atoms with Crippen molar-refractivity contribution < 1.29 is 4.79 Å². The largest absolute Gasteiger partial charge is 0.326 e. The summed E-state index contributed by atoms with van der Waals surface area (Å²) in [5, 5.41) is 3.75. The first-order valence-electron chi connectivity index (χ1n) is 8.49. The molecule has 0 saturated carbocycles. The van der Waals surface area contributed by atoms with Gasteiger partial charge in [0, 0.05) is 23.5 Å². The number of nitrogens with zero attached hydrogens (tertiary/aromatic N) is 2. The number of nitrogens with one attached hydrogen (secondary N) is 1. The maximum Gasteiger partial charge on any atom is 0.224 e. The highest BCUT2D eigenvalue weighted by atomic mass is 32.2. The molecular weight excluding hydrogens is 330 g/mol. The Morgan fingerprint density at radius 2 is 1.64 bits per heavy atom. The molecule has 134 valence electrons. The van der Waals surface area contributed by atoms with Crippen LogP contribution in [0.15, 0.2) is 29.4 Å². The summed E-state index contributed by atoms with van der Waals surface area (Å²) in [6, 6.07) is 8.06. The minimum atomic E-state index is 0.0104. The number of carbonyl (C=O) groups is 1. The Bertz CT molecular complexity index is 726. The molecule has 2 rings (SSSR count). The van der Waals surface area contributed by atoms with Gasteiger partial charge < -0.3 is 5.32 Å². The fraction of sp³-hybridized carbons (Fsp3) is 0.450. The molecule has 0 unspecified atom stereocenters. The molecule has 0 saturated heterocycles. The third-order valence-electron chi connectivity index (χ3n) is 4.22. The maximum absolute atomic E-state index is 12.3. The fourth-order valence-corrected chi connectivity index (χ4v) is 3.13. The Kier molecular flexibility index (Phi) is 6.22. The van der Waals surface area contributed by atoms with Gasteiger partial charge in [0.05, 0.1) is 0 Å². The quantitative estimate of drug-likeness (QED) is 0.623. The first-order valence-corrected chi connectivity index (χ1v) is 9.71. The molecule has 0 aliphatic carbocycles. The van der Waals surface area contributed by atoms with E-state index in [9.17, 15) is 4.79 Å². The van der Waals surface area contributed by atoms with Crippen molar-refractivity contribution >= 4 is 23.4 Å². The van der Waals surface area contributed by atoms with Gasteiger partial charge in [-0.25, -0.2) is 9.97 Å². The normalized spacial score (nSPS) is 11.4. The van der Waals surface area contributed by atoms with Crippen molar-refractivity contribution in [2.75, 3.05) is 11.6 Å². The van der Waals surface area contributed by atoms with Crippen LogP contribution in [0.2, 0.25) is 0 Å². The topological polar surface area (TPSA) is 54.9 Å². The van der Waals surface area contributed by atoms with E-state index in [0.29, 0.717) is 12.8 Å². The van der Waals surface area contributed by atoms with Crippen molar-refractivity contribution in [1.29, 1.82) is 0 Å². The molecule has 0 aliphatic rings. The lowest BCUT2D eigenvalue weighted by molar-refractivity contribution is -0.116. The molecule has 0 aliphatic heterocycles. The van der Waals surface area contributed by atoms with Gasteiger partial charge in [0.2, 0.25) is 5.91 Å². The number of anilines is 1. The third kappa shape index (κ3) is 5.30. The van der Waals surface area contributed by atoms with Gasteiger partial charge in [-0.05, 0) is 55.2 Å². The third-order valence-corrected chi connectivity index (χ3v) is 4.77. The number of carbonyl (C=O) groups excluding carboxylic acids is 1. The highest BCUT2D eigenvalue weighted by Gasteiger charge is 2.14. The van der Waals surface area contributed by atoms with Gasteiger partial charge >= 0.3 is 0 Å². The number of aryl methyl sites for hydroxylation is 2. The average molecular weight is 358 g/mol. The van der Waals surface area contributed by atoms with Crippen LogP contribution < -0.4 is 5.32 Å². The van der Waals surface area contributed by atoms with Gasteiger partial charge in [0.25, 0.3) is 0 Å². The van der Waals surface area contributed by atoms with E-state index in [2.05, 4.69) is 48.2 Å². The average Bonchev–Trinajstić information content (AvgIpc) is 2.53. The lowest BCUT2D eigenvalue weighted by Gasteiger charge is -2.19. The summed E-state index contributed by atoms with van der Waals surface area (Å²) in [6.45, 7) is 10.5. The standard InChI is InChI=1S/C20H27N3OS/c1-13-17(14(2)22-19(21-13)25-6)11-12-18(24)23-16-9-7-15(8-10-16)20(3,4)5/h7-10H,11-12H2,1-6H3,(H,23,24). The van der Waals surface area contributed by atoms with Crippen molar-refractivity contribution in [2.45, 2.75) is 58.0 Å². The van der Waals surface area contributed by atoms with E-state index >= 15 is 0 Å². The number of hydrogen-bond donors (Lipinski definition) is 1. The number of thioether (sulfide) groups is 1. The van der Waals surface area contributed by atoms with Crippen LogP contribution in [0.5, 0.6) is 0 Å². The van der Waals surface area contributed by atoms with E-state index < -0.39 is 0 Å². The van der Waals surface area contributed by atoms with Crippen molar-refractivity contribution in [3.8, 4) is 0 Å². The maximum atomic E-state index is 12.3. The van der Waals surface area contributed by atoms with Crippen molar-refractivity contribution in [2.24, 2.45) is 0 Å². The Labute approximate surface area is 154 Å². The molecule has 0 radical (unpaired) electrons. The molecule has 1 N–H and O–H groups in total. The van der Waals surface area contributed by atoms with Crippen molar-refractivity contribution in [3.63, 3.8) is 0 Å². The SMILES string of the molecule is CSc1nc(C)c(CCC(=O)Nc2ccc(C(C)(C)C)cc2)c(C)n1. The highest BCUT2D eigenvalue weighted by molar-refractivity contribution is 7.98. The molecule has 25 heavy (non-hydrogen) atoms. The summed E-state index contributed by atoms with van der Waals surface area (Å²) in [5.74, 6) is 0.0104. The Morgan fingerprint density at radius 3 is 2.12 bits per heavy atom. The van der Waals surface area contributed by atoms with Gasteiger partial charge in [-0.3, -0.25) is 4.79 Å². The first kappa shape index (κ1) is 19.4. The zero-order valence-electron chi connectivity index (χ0n) is 15.9. The van der Waals surface area contributed by atoms with Gasteiger partial charge in [-0.2, -0.15) is 0 Å². The van der Waals surface area contributed by atoms with Crippen LogP contribution in [-0.2, 0) is 16.6 Å². The van der Waals surface area contributed by atoms with Crippen LogP contribution in [-0.4, -0.2) is 22.1 Å². The number of benzene rings is 1. The van der Waals surface area contributed by atoms with Crippen LogP contribution in [0.1, 0.15) is 49.7 Å². The minimum Gasteiger partial charge on any atom is -0.326 e. The monoisotopic (exact) mass is 357 g/mol. The highest BCUT2D eigenvalue weighted by Crippen LogP contribution is 2.23. The van der Waals surface area contributed by atoms with Gasteiger partial charge in [0.15, 0.2) is 5.16 Å². The van der Waals surface area contributed by atoms with Crippen molar-refractivity contribution in [1.82, 2.24) is 9.97 Å². The van der Waals surface area contributed by atoms with Crippen LogP contribution in [0.4, 0.5) is 5.69 Å². The lowest BCUT2D eigenvalue weighted by Crippen LogP contribution is -2.14. The molecule has 0 spiro atoms. The van der Waals surface area contributed by atoms with E-state index in [-0.39, 0.29) is 11.3 Å². The predicted octanol–water partition coefficient (Wildman–Crippen LogP) is 4.68. The Morgan fingerprint density at radius 1 is 1.08 bits per heavy atom. The van der Waals surface area contributed by atoms with E-state index in [1.165, 1.54) is 17.3 Å². The molecule has 2 aromatic rings. The Balaban J connectivity index is 1.97. The minimum absolute atomic E-state index is 0.0104. The van der Waals surface area contributed by atoms with E-state index in [4.69, 9.17) is 0 Å². The van der Waals surface area contributed by atoms with Crippen LogP contribution in [0.25, 0.3) is 0 Å². The Hall–Kier alpha value is -1.88. The molecule has 0 bridgehead atoms. The van der Waals surface area contributed by atoms with E-state index in [1.54, 1.807) is 0 Å². The van der Waals surface area contributed by atoms with Crippen LogP contribution in [0.3, 0.4) is 0 Å². The summed E-state index contributed by atoms with van der Waals surface area (Å²) in [6.07, 6.45) is 3.04. The van der Waals surface area contributed by atoms with E-state index in [1.807, 2.05) is 32.2 Å². The molecule has 1 heterocycles. The second-order valence-electron chi connectivity index (χ2n) is 7.24. The molecule has 1 amide bonds. The second-order valence-corrected chi connectivity index (χ2v) is 8.01. The summed E-state index contributed by atoms with van der Waals surface area (Å²) in [7, 11) is 0. The number of amides is 1. The molecular formula is C20H27N3OS. The zero-order chi connectivity index (χ0) is 18.6. The van der Waals surface area contributed by atoms with Crippen LogP contribution >= 0.6 is 11.8 Å². The molecule has 4 nitrogen and oxygen atoms in total.